The van der Waals surface area contributed by atoms with Crippen LogP contribution in [-0.4, -0.2) is 63.4 Å². The Bertz CT molecular complexity index is 660. The molecule has 0 bridgehead atoms. The van der Waals surface area contributed by atoms with Gasteiger partial charge in [-0.15, -0.1) is 0 Å². The van der Waals surface area contributed by atoms with Gasteiger partial charge in [-0.3, -0.25) is 9.48 Å². The maximum Gasteiger partial charge on any atom is 0.410 e. The highest BCUT2D eigenvalue weighted by atomic mass is 16.6. The SMILES string of the molecule is CCC(CC)CN1CC2(CCN(C(=O)CCc3cnn(C)c3)CC2)OC1=O. The zero-order valence-corrected chi connectivity index (χ0v) is 16.8. The minimum atomic E-state index is -0.400. The molecule has 150 valence electrons. The molecule has 2 aliphatic heterocycles. The van der Waals surface area contributed by atoms with E-state index >= 15 is 0 Å². The van der Waals surface area contributed by atoms with Gasteiger partial charge in [0.25, 0.3) is 0 Å². The van der Waals surface area contributed by atoms with E-state index in [2.05, 4.69) is 18.9 Å². The summed E-state index contributed by atoms with van der Waals surface area (Å²) in [5.41, 5.74) is 0.685. The number of hydrogen-bond donors (Lipinski definition) is 0. The number of ether oxygens (including phenoxy) is 1. The van der Waals surface area contributed by atoms with Gasteiger partial charge in [0.1, 0.15) is 5.60 Å². The molecule has 0 aromatic carbocycles. The van der Waals surface area contributed by atoms with E-state index in [0.29, 0.717) is 38.4 Å². The van der Waals surface area contributed by atoms with Crippen molar-refractivity contribution in [1.29, 1.82) is 0 Å². The summed E-state index contributed by atoms with van der Waals surface area (Å²) in [7, 11) is 1.88. The number of piperidine rings is 1. The number of carbonyl (C=O) groups excluding carboxylic acids is 2. The largest absolute Gasteiger partial charge is 0.441 e. The topological polar surface area (TPSA) is 67.7 Å². The fourth-order valence-electron chi connectivity index (χ4n) is 4.13. The first-order valence-corrected chi connectivity index (χ1v) is 10.2. The Morgan fingerprint density at radius 1 is 1.30 bits per heavy atom. The highest BCUT2D eigenvalue weighted by Gasteiger charge is 2.47. The molecule has 0 atom stereocenters. The Hall–Kier alpha value is -2.05. The molecule has 1 aromatic rings. The van der Waals surface area contributed by atoms with Crippen LogP contribution in [0.5, 0.6) is 0 Å². The first-order chi connectivity index (χ1) is 12.9. The molecule has 3 heterocycles. The van der Waals surface area contributed by atoms with Crippen molar-refractivity contribution in [2.75, 3.05) is 26.2 Å². The fraction of sp³-hybridized carbons (Fsp3) is 0.750. The number of carbonyl (C=O) groups is 2. The first kappa shape index (κ1) is 19.7. The predicted molar refractivity (Wildman–Crippen MR) is 102 cm³/mol. The van der Waals surface area contributed by atoms with E-state index in [9.17, 15) is 9.59 Å². The van der Waals surface area contributed by atoms with Gasteiger partial charge in [0.15, 0.2) is 0 Å². The monoisotopic (exact) mass is 376 g/mol. The molecular formula is C20H32N4O3. The molecule has 0 aliphatic carbocycles. The maximum atomic E-state index is 12.5. The lowest BCUT2D eigenvalue weighted by molar-refractivity contribution is -0.134. The number of nitrogens with zero attached hydrogens (tertiary/aromatic N) is 4. The Kier molecular flexibility index (Phi) is 6.07. The second-order valence-corrected chi connectivity index (χ2v) is 8.02. The molecule has 2 fully saturated rings. The van der Waals surface area contributed by atoms with Gasteiger partial charge in [-0.25, -0.2) is 4.79 Å². The first-order valence-electron chi connectivity index (χ1n) is 10.2. The normalized spacial score (nSPS) is 19.2. The number of rotatable bonds is 7. The minimum absolute atomic E-state index is 0.173. The summed E-state index contributed by atoms with van der Waals surface area (Å²) in [6.07, 6.45) is 8.41. The number of hydrogen-bond acceptors (Lipinski definition) is 4. The van der Waals surface area contributed by atoms with Crippen molar-refractivity contribution in [2.24, 2.45) is 13.0 Å². The van der Waals surface area contributed by atoms with E-state index in [0.717, 1.165) is 37.8 Å². The van der Waals surface area contributed by atoms with Crippen LogP contribution >= 0.6 is 0 Å². The average molecular weight is 377 g/mol. The lowest BCUT2D eigenvalue weighted by Crippen LogP contribution is -2.49. The van der Waals surface area contributed by atoms with Crippen LogP contribution in [0.1, 0.15) is 51.5 Å². The molecule has 1 aromatic heterocycles. The van der Waals surface area contributed by atoms with Gasteiger partial charge in [-0.05, 0) is 17.9 Å². The molecule has 27 heavy (non-hydrogen) atoms. The minimum Gasteiger partial charge on any atom is -0.441 e. The Balaban J connectivity index is 1.48. The van der Waals surface area contributed by atoms with Crippen molar-refractivity contribution in [3.8, 4) is 0 Å². The van der Waals surface area contributed by atoms with Gasteiger partial charge in [0, 0.05) is 52.1 Å². The second kappa shape index (κ2) is 8.31. The van der Waals surface area contributed by atoms with Crippen LogP contribution in [0.15, 0.2) is 12.4 Å². The number of aromatic nitrogens is 2. The van der Waals surface area contributed by atoms with Gasteiger partial charge in [-0.1, -0.05) is 26.7 Å². The molecule has 0 radical (unpaired) electrons. The summed E-state index contributed by atoms with van der Waals surface area (Å²) >= 11 is 0. The van der Waals surface area contributed by atoms with Gasteiger partial charge < -0.3 is 14.5 Å². The summed E-state index contributed by atoms with van der Waals surface area (Å²) in [5.74, 6) is 0.703. The zero-order valence-electron chi connectivity index (χ0n) is 16.8. The van der Waals surface area contributed by atoms with Gasteiger partial charge in [0.05, 0.1) is 12.7 Å². The van der Waals surface area contributed by atoms with Crippen LogP contribution in [-0.2, 0) is 23.0 Å². The molecule has 3 rings (SSSR count). The summed E-state index contributed by atoms with van der Waals surface area (Å²) in [4.78, 5) is 28.6. The van der Waals surface area contributed by atoms with Crippen molar-refractivity contribution in [2.45, 2.75) is 58.0 Å². The molecule has 1 spiro atoms. The Morgan fingerprint density at radius 2 is 2.00 bits per heavy atom. The van der Waals surface area contributed by atoms with Crippen LogP contribution in [0.4, 0.5) is 4.79 Å². The summed E-state index contributed by atoms with van der Waals surface area (Å²) < 4.78 is 7.55. The standard InChI is InChI=1S/C20H32N4O3/c1-4-16(5-2)14-24-15-20(27-19(24)26)8-10-23(11-9-20)18(25)7-6-17-12-21-22(3)13-17/h12-13,16H,4-11,14-15H2,1-3H3. The third kappa shape index (κ3) is 4.62. The Labute approximate surface area is 161 Å². The number of amides is 2. The number of likely N-dealkylation sites (tertiary alicyclic amines) is 1. The molecule has 2 aliphatic rings. The lowest BCUT2D eigenvalue weighted by Gasteiger charge is -2.37. The van der Waals surface area contributed by atoms with Crippen LogP contribution in [0.3, 0.4) is 0 Å². The molecule has 0 saturated carbocycles. The summed E-state index contributed by atoms with van der Waals surface area (Å²) in [5, 5.41) is 4.14. The molecule has 0 unspecified atom stereocenters. The summed E-state index contributed by atoms with van der Waals surface area (Å²) in [6, 6.07) is 0. The molecule has 7 heteroatoms. The molecule has 2 amide bonds. The molecule has 2 saturated heterocycles. The van der Waals surface area contributed by atoms with Gasteiger partial charge in [0.2, 0.25) is 5.91 Å². The Morgan fingerprint density at radius 3 is 2.59 bits per heavy atom. The van der Waals surface area contributed by atoms with Crippen molar-refractivity contribution >= 4 is 12.0 Å². The summed E-state index contributed by atoms with van der Waals surface area (Å²) in [6.45, 7) is 7.11. The highest BCUT2D eigenvalue weighted by Crippen LogP contribution is 2.34. The maximum absolute atomic E-state index is 12.5. The van der Waals surface area contributed by atoms with Crippen LogP contribution in [0.25, 0.3) is 0 Å². The highest BCUT2D eigenvalue weighted by molar-refractivity contribution is 5.76. The van der Waals surface area contributed by atoms with Crippen LogP contribution < -0.4 is 0 Å². The van der Waals surface area contributed by atoms with Gasteiger partial charge >= 0.3 is 6.09 Å². The quantitative estimate of drug-likeness (QED) is 0.734. The molecular weight excluding hydrogens is 344 g/mol. The predicted octanol–water partition coefficient (Wildman–Crippen LogP) is 2.60. The van der Waals surface area contributed by atoms with Crippen LogP contribution in [0, 0.1) is 5.92 Å². The zero-order chi connectivity index (χ0) is 19.4. The van der Waals surface area contributed by atoms with Crippen LogP contribution in [0.2, 0.25) is 0 Å². The van der Waals surface area contributed by atoms with E-state index in [1.165, 1.54) is 0 Å². The van der Waals surface area contributed by atoms with Crippen molar-refractivity contribution in [3.05, 3.63) is 18.0 Å². The second-order valence-electron chi connectivity index (χ2n) is 8.02. The van der Waals surface area contributed by atoms with E-state index in [1.54, 1.807) is 4.68 Å². The number of aryl methyl sites for hydroxylation is 2. The lowest BCUT2D eigenvalue weighted by atomic mass is 9.90. The fourth-order valence-corrected chi connectivity index (χ4v) is 4.13. The third-order valence-corrected chi connectivity index (χ3v) is 6.09. The smallest absolute Gasteiger partial charge is 0.410 e. The molecule has 7 nitrogen and oxygen atoms in total. The van der Waals surface area contributed by atoms with E-state index in [1.807, 2.05) is 29.2 Å². The van der Waals surface area contributed by atoms with E-state index in [4.69, 9.17) is 4.74 Å². The third-order valence-electron chi connectivity index (χ3n) is 6.09. The molecule has 0 N–H and O–H groups in total. The average Bonchev–Trinajstić information content (AvgIpc) is 3.21. The van der Waals surface area contributed by atoms with Crippen molar-refractivity contribution in [3.63, 3.8) is 0 Å². The van der Waals surface area contributed by atoms with E-state index < -0.39 is 5.60 Å². The van der Waals surface area contributed by atoms with Gasteiger partial charge in [-0.2, -0.15) is 5.10 Å². The van der Waals surface area contributed by atoms with Crippen molar-refractivity contribution < 1.29 is 14.3 Å². The van der Waals surface area contributed by atoms with Crippen molar-refractivity contribution in [1.82, 2.24) is 19.6 Å². The van der Waals surface area contributed by atoms with E-state index in [-0.39, 0.29) is 12.0 Å².